The molecule has 0 bridgehead atoms. The van der Waals surface area contributed by atoms with Gasteiger partial charge in [-0.05, 0) is 20.3 Å². The van der Waals surface area contributed by atoms with Crippen LogP contribution in [0.4, 0.5) is 0 Å². The maximum Gasteiger partial charge on any atom is 0.311 e. The van der Waals surface area contributed by atoms with E-state index in [0.717, 1.165) is 0 Å². The summed E-state index contributed by atoms with van der Waals surface area (Å²) in [5.74, 6) is -0.621. The van der Waals surface area contributed by atoms with E-state index >= 15 is 0 Å². The Hall–Kier alpha value is -1.14. The van der Waals surface area contributed by atoms with Crippen molar-refractivity contribution in [2.45, 2.75) is 58.5 Å². The van der Waals surface area contributed by atoms with Crippen LogP contribution in [0.3, 0.4) is 0 Å². The predicted molar refractivity (Wildman–Crippen MR) is 69.0 cm³/mol. The molecule has 0 aromatic heterocycles. The molecule has 2 heterocycles. The fourth-order valence-electron chi connectivity index (χ4n) is 2.29. The van der Waals surface area contributed by atoms with Crippen LogP contribution < -0.4 is 0 Å². The van der Waals surface area contributed by atoms with Gasteiger partial charge in [0.05, 0.1) is 18.6 Å². The van der Waals surface area contributed by atoms with Crippen LogP contribution in [0.15, 0.2) is 0 Å². The number of fused-ring (bicyclic) bond motifs is 1. The minimum atomic E-state index is -0.522. The molecule has 0 aromatic carbocycles. The van der Waals surface area contributed by atoms with E-state index in [1.165, 1.54) is 6.92 Å². The van der Waals surface area contributed by atoms with Gasteiger partial charge in [0.1, 0.15) is 12.2 Å². The molecule has 2 rings (SSSR count). The second-order valence-electron chi connectivity index (χ2n) is 5.92. The Kier molecular flexibility index (Phi) is 4.34. The van der Waals surface area contributed by atoms with Crippen molar-refractivity contribution in [1.82, 2.24) is 0 Å². The lowest BCUT2D eigenvalue weighted by molar-refractivity contribution is -0.164. The quantitative estimate of drug-likeness (QED) is 0.720. The third-order valence-electron chi connectivity index (χ3n) is 3.97. The van der Waals surface area contributed by atoms with Crippen molar-refractivity contribution in [2.24, 2.45) is 5.41 Å². The molecule has 0 saturated carbocycles. The van der Waals surface area contributed by atoms with Gasteiger partial charge in [-0.3, -0.25) is 9.59 Å². The van der Waals surface area contributed by atoms with E-state index in [-0.39, 0.29) is 37.4 Å². The Morgan fingerprint density at radius 3 is 2.05 bits per heavy atom. The fourth-order valence-corrected chi connectivity index (χ4v) is 2.29. The number of hydrogen-bond acceptors (Lipinski definition) is 6. The number of hydrogen-bond donors (Lipinski definition) is 0. The molecule has 20 heavy (non-hydrogen) atoms. The number of ether oxygens (including phenoxy) is 4. The van der Waals surface area contributed by atoms with Crippen molar-refractivity contribution in [3.05, 3.63) is 0 Å². The maximum absolute atomic E-state index is 12.1. The topological polar surface area (TPSA) is 71.1 Å². The van der Waals surface area contributed by atoms with E-state index in [9.17, 15) is 9.59 Å². The van der Waals surface area contributed by atoms with Crippen LogP contribution in [0.2, 0.25) is 0 Å². The minimum absolute atomic E-state index is 0.256. The third-order valence-corrected chi connectivity index (χ3v) is 3.97. The lowest BCUT2D eigenvalue weighted by Crippen LogP contribution is -2.38. The molecule has 2 aliphatic rings. The summed E-state index contributed by atoms with van der Waals surface area (Å²) in [4.78, 5) is 23.1. The zero-order chi connectivity index (χ0) is 14.9. The normalized spacial score (nSPS) is 32.8. The van der Waals surface area contributed by atoms with Gasteiger partial charge in [-0.15, -0.1) is 0 Å². The predicted octanol–water partition coefficient (Wildman–Crippen LogP) is 1.06. The lowest BCUT2D eigenvalue weighted by atomic mass is 9.90. The second kappa shape index (κ2) is 5.69. The van der Waals surface area contributed by atoms with Gasteiger partial charge in [0.2, 0.25) is 0 Å². The molecule has 0 N–H and O–H groups in total. The Morgan fingerprint density at radius 2 is 1.60 bits per heavy atom. The first kappa shape index (κ1) is 15.3. The molecule has 0 radical (unpaired) electrons. The average molecular weight is 286 g/mol. The number of carbonyl (C=O) groups excluding carboxylic acids is 2. The summed E-state index contributed by atoms with van der Waals surface area (Å²) in [5, 5.41) is 0. The monoisotopic (exact) mass is 286 g/mol. The number of esters is 2. The minimum Gasteiger partial charge on any atom is -0.457 e. The molecular formula is C14H22O6. The van der Waals surface area contributed by atoms with E-state index in [1.54, 1.807) is 0 Å². The highest BCUT2D eigenvalue weighted by Gasteiger charge is 2.51. The lowest BCUT2D eigenvalue weighted by Gasteiger charge is -2.24. The Bertz CT molecular complexity index is 391. The summed E-state index contributed by atoms with van der Waals surface area (Å²) in [7, 11) is 0. The first-order valence-electron chi connectivity index (χ1n) is 6.96. The van der Waals surface area contributed by atoms with Crippen LogP contribution in [0.1, 0.15) is 34.1 Å². The first-order chi connectivity index (χ1) is 9.35. The maximum atomic E-state index is 12.1. The Morgan fingerprint density at radius 1 is 1.10 bits per heavy atom. The standard InChI is InChI=1S/C14H22O6/c1-5-14(3,4)13(16)20-10-7-18-11-9(19-8(2)15)6-17-12(10)11/h9-12H,5-7H2,1-4H3. The molecule has 6 nitrogen and oxygen atoms in total. The summed E-state index contributed by atoms with van der Waals surface area (Å²) >= 11 is 0. The molecule has 0 amide bonds. The summed E-state index contributed by atoms with van der Waals surface area (Å²) in [6.07, 6.45) is -0.846. The highest BCUT2D eigenvalue weighted by Crippen LogP contribution is 2.32. The van der Waals surface area contributed by atoms with Gasteiger partial charge in [0.15, 0.2) is 12.2 Å². The van der Waals surface area contributed by atoms with E-state index in [2.05, 4.69) is 0 Å². The van der Waals surface area contributed by atoms with Crippen LogP contribution in [0, 0.1) is 5.41 Å². The summed E-state index contributed by atoms with van der Waals surface area (Å²) in [5.41, 5.74) is -0.522. The van der Waals surface area contributed by atoms with Crippen molar-refractivity contribution >= 4 is 11.9 Å². The van der Waals surface area contributed by atoms with E-state index in [1.807, 2.05) is 20.8 Å². The highest BCUT2D eigenvalue weighted by atomic mass is 16.7. The summed E-state index contributed by atoms with van der Waals surface area (Å²) < 4.78 is 21.8. The molecular weight excluding hydrogens is 264 g/mol. The van der Waals surface area contributed by atoms with Gasteiger partial charge >= 0.3 is 11.9 Å². The molecule has 2 aliphatic heterocycles. The van der Waals surface area contributed by atoms with Gasteiger partial charge in [0.25, 0.3) is 0 Å². The molecule has 2 saturated heterocycles. The van der Waals surface area contributed by atoms with Crippen molar-refractivity contribution in [2.75, 3.05) is 13.2 Å². The number of rotatable bonds is 4. The Balaban J connectivity index is 1.94. The van der Waals surface area contributed by atoms with Crippen molar-refractivity contribution in [3.8, 4) is 0 Å². The second-order valence-corrected chi connectivity index (χ2v) is 5.92. The fraction of sp³-hybridized carbons (Fsp3) is 0.857. The molecule has 4 unspecified atom stereocenters. The zero-order valence-electron chi connectivity index (χ0n) is 12.4. The van der Waals surface area contributed by atoms with E-state index in [0.29, 0.717) is 6.42 Å². The van der Waals surface area contributed by atoms with Crippen LogP contribution in [-0.2, 0) is 28.5 Å². The van der Waals surface area contributed by atoms with Crippen LogP contribution >= 0.6 is 0 Å². The SMILES string of the molecule is CCC(C)(C)C(=O)OC1COC2C(OC(C)=O)COC12. The number of carbonyl (C=O) groups is 2. The van der Waals surface area contributed by atoms with E-state index in [4.69, 9.17) is 18.9 Å². The van der Waals surface area contributed by atoms with Crippen LogP contribution in [-0.4, -0.2) is 49.6 Å². The van der Waals surface area contributed by atoms with Crippen LogP contribution in [0.5, 0.6) is 0 Å². The molecule has 114 valence electrons. The molecule has 0 spiro atoms. The third kappa shape index (κ3) is 2.96. The van der Waals surface area contributed by atoms with E-state index < -0.39 is 17.6 Å². The van der Waals surface area contributed by atoms with Gasteiger partial charge in [-0.25, -0.2) is 0 Å². The van der Waals surface area contributed by atoms with Gasteiger partial charge in [0, 0.05) is 6.92 Å². The molecule has 0 aromatic rings. The summed E-state index contributed by atoms with van der Waals surface area (Å²) in [6, 6.07) is 0. The molecule has 2 fully saturated rings. The summed E-state index contributed by atoms with van der Waals surface area (Å²) in [6.45, 7) is 7.54. The van der Waals surface area contributed by atoms with Crippen molar-refractivity contribution in [1.29, 1.82) is 0 Å². The van der Waals surface area contributed by atoms with Gasteiger partial charge < -0.3 is 18.9 Å². The van der Waals surface area contributed by atoms with Crippen LogP contribution in [0.25, 0.3) is 0 Å². The first-order valence-corrected chi connectivity index (χ1v) is 6.96. The molecule has 6 heteroatoms. The smallest absolute Gasteiger partial charge is 0.311 e. The average Bonchev–Trinajstić information content (AvgIpc) is 2.93. The van der Waals surface area contributed by atoms with Gasteiger partial charge in [-0.1, -0.05) is 6.92 Å². The molecule has 0 aliphatic carbocycles. The van der Waals surface area contributed by atoms with Crippen molar-refractivity contribution in [3.63, 3.8) is 0 Å². The van der Waals surface area contributed by atoms with Crippen molar-refractivity contribution < 1.29 is 28.5 Å². The largest absolute Gasteiger partial charge is 0.457 e. The highest BCUT2D eigenvalue weighted by molar-refractivity contribution is 5.76. The zero-order valence-corrected chi connectivity index (χ0v) is 12.4. The molecule has 4 atom stereocenters. The Labute approximate surface area is 118 Å². The van der Waals surface area contributed by atoms with Gasteiger partial charge in [-0.2, -0.15) is 0 Å².